The zero-order valence-electron chi connectivity index (χ0n) is 13.8. The van der Waals surface area contributed by atoms with Gasteiger partial charge >= 0.3 is 0 Å². The van der Waals surface area contributed by atoms with Gasteiger partial charge in [0.1, 0.15) is 0 Å². The minimum absolute atomic E-state index is 0.0733. The Morgan fingerprint density at radius 3 is 2.52 bits per heavy atom. The van der Waals surface area contributed by atoms with Crippen molar-refractivity contribution in [2.24, 2.45) is 5.41 Å². The number of hydrogen-bond donors (Lipinski definition) is 0. The van der Waals surface area contributed by atoms with E-state index < -0.39 is 5.79 Å². The Bertz CT molecular complexity index is 472. The Labute approximate surface area is 129 Å². The maximum absolute atomic E-state index is 6.40. The van der Waals surface area contributed by atoms with Gasteiger partial charge in [0.05, 0.1) is 6.10 Å². The summed E-state index contributed by atoms with van der Waals surface area (Å²) in [6.07, 6.45) is 3.95. The van der Waals surface area contributed by atoms with Gasteiger partial charge in [0.25, 0.3) is 0 Å². The van der Waals surface area contributed by atoms with E-state index in [-0.39, 0.29) is 11.5 Å². The highest BCUT2D eigenvalue weighted by Crippen LogP contribution is 2.45. The fourth-order valence-corrected chi connectivity index (χ4v) is 3.08. The first-order chi connectivity index (χ1) is 9.86. The third kappa shape index (κ3) is 3.75. The van der Waals surface area contributed by atoms with Crippen molar-refractivity contribution in [1.82, 2.24) is 0 Å². The van der Waals surface area contributed by atoms with Gasteiger partial charge in [0.2, 0.25) is 0 Å². The zero-order chi connectivity index (χ0) is 15.5. The third-order valence-electron chi connectivity index (χ3n) is 4.43. The highest BCUT2D eigenvalue weighted by Gasteiger charge is 2.48. The molecule has 1 saturated heterocycles. The van der Waals surface area contributed by atoms with Crippen LogP contribution in [-0.2, 0) is 15.9 Å². The molecule has 1 aromatic rings. The lowest BCUT2D eigenvalue weighted by Gasteiger charge is -2.49. The van der Waals surface area contributed by atoms with Crippen LogP contribution in [0.15, 0.2) is 42.5 Å². The number of aryl methyl sites for hydroxylation is 1. The molecule has 0 aliphatic carbocycles. The molecule has 2 atom stereocenters. The van der Waals surface area contributed by atoms with Gasteiger partial charge in [-0.3, -0.25) is 0 Å². The van der Waals surface area contributed by atoms with Gasteiger partial charge in [-0.25, -0.2) is 0 Å². The summed E-state index contributed by atoms with van der Waals surface area (Å²) in [5.74, 6) is -0.552. The fraction of sp³-hybridized carbons (Fsp3) is 0.579. The van der Waals surface area contributed by atoms with Gasteiger partial charge in [-0.15, -0.1) is 0 Å². The summed E-state index contributed by atoms with van der Waals surface area (Å²) in [6.45, 7) is 10.7. The van der Waals surface area contributed by atoms with E-state index in [1.807, 2.05) is 0 Å². The van der Waals surface area contributed by atoms with Gasteiger partial charge in [-0.05, 0) is 24.8 Å². The van der Waals surface area contributed by atoms with E-state index >= 15 is 0 Å². The van der Waals surface area contributed by atoms with Crippen molar-refractivity contribution in [3.8, 4) is 0 Å². The van der Waals surface area contributed by atoms with Gasteiger partial charge in [0, 0.05) is 18.9 Å². The molecule has 0 N–H and O–H groups in total. The van der Waals surface area contributed by atoms with E-state index in [1.165, 1.54) is 11.1 Å². The number of benzene rings is 1. The molecule has 0 spiro atoms. The number of hydrogen-bond acceptors (Lipinski definition) is 2. The second-order valence-corrected chi connectivity index (χ2v) is 7.10. The smallest absolute Gasteiger partial charge is 0.176 e. The first-order valence-corrected chi connectivity index (χ1v) is 7.80. The summed E-state index contributed by atoms with van der Waals surface area (Å²) < 4.78 is 12.2. The number of methoxy groups -OCH3 is 1. The topological polar surface area (TPSA) is 18.5 Å². The largest absolute Gasteiger partial charge is 0.352 e. The van der Waals surface area contributed by atoms with Crippen LogP contribution in [0.2, 0.25) is 0 Å². The molecule has 2 heteroatoms. The van der Waals surface area contributed by atoms with Crippen LogP contribution in [0.3, 0.4) is 0 Å². The minimum atomic E-state index is -0.552. The Morgan fingerprint density at radius 2 is 1.95 bits per heavy atom. The zero-order valence-corrected chi connectivity index (χ0v) is 13.8. The van der Waals surface area contributed by atoms with Crippen molar-refractivity contribution >= 4 is 0 Å². The molecule has 2 rings (SSSR count). The van der Waals surface area contributed by atoms with Crippen LogP contribution in [0.5, 0.6) is 0 Å². The van der Waals surface area contributed by atoms with Gasteiger partial charge < -0.3 is 9.47 Å². The van der Waals surface area contributed by atoms with Crippen LogP contribution in [0, 0.1) is 5.41 Å². The quantitative estimate of drug-likeness (QED) is 0.745. The monoisotopic (exact) mass is 288 g/mol. The molecule has 0 bridgehead atoms. The molecular formula is C19H28O2. The Hall–Kier alpha value is -1.12. The molecule has 0 saturated carbocycles. The van der Waals surface area contributed by atoms with E-state index in [0.29, 0.717) is 0 Å². The second-order valence-electron chi connectivity index (χ2n) is 7.10. The van der Waals surface area contributed by atoms with Crippen molar-refractivity contribution < 1.29 is 9.47 Å². The van der Waals surface area contributed by atoms with E-state index in [0.717, 1.165) is 25.7 Å². The van der Waals surface area contributed by atoms with Crippen molar-refractivity contribution in [2.45, 2.75) is 58.3 Å². The third-order valence-corrected chi connectivity index (χ3v) is 4.43. The average Bonchev–Trinajstić information content (AvgIpc) is 2.44. The molecule has 0 unspecified atom stereocenters. The molecule has 0 radical (unpaired) electrons. The van der Waals surface area contributed by atoms with E-state index in [1.54, 1.807) is 7.11 Å². The lowest BCUT2D eigenvalue weighted by molar-refractivity contribution is -0.306. The second kappa shape index (κ2) is 6.33. The first-order valence-electron chi connectivity index (χ1n) is 7.80. The fourth-order valence-electron chi connectivity index (χ4n) is 3.08. The Morgan fingerprint density at radius 1 is 1.29 bits per heavy atom. The molecule has 1 aromatic carbocycles. The average molecular weight is 288 g/mol. The van der Waals surface area contributed by atoms with Crippen LogP contribution in [-0.4, -0.2) is 19.0 Å². The maximum atomic E-state index is 6.40. The minimum Gasteiger partial charge on any atom is -0.352 e. The lowest BCUT2D eigenvalue weighted by Crippen LogP contribution is -2.52. The molecule has 116 valence electrons. The highest BCUT2D eigenvalue weighted by molar-refractivity contribution is 5.15. The molecule has 2 nitrogen and oxygen atoms in total. The molecule has 0 amide bonds. The molecule has 0 aromatic heterocycles. The Kier molecular flexibility index (Phi) is 4.90. The van der Waals surface area contributed by atoms with E-state index in [9.17, 15) is 0 Å². The van der Waals surface area contributed by atoms with E-state index in [2.05, 4.69) is 57.7 Å². The predicted octanol–water partition coefficient (Wildman–Crippen LogP) is 4.74. The Balaban J connectivity index is 2.05. The standard InChI is InChI=1S/C19H28O2/c1-15-13-17(12-11-16-9-7-6-8-10-16)21-19(14-15,20-5)18(2,3)4/h6-10,17H,1,11-14H2,2-5H3/t17-,19-/m1/s1. The summed E-state index contributed by atoms with van der Waals surface area (Å²) in [5, 5.41) is 0. The molecule has 1 aliphatic heterocycles. The summed E-state index contributed by atoms with van der Waals surface area (Å²) in [4.78, 5) is 0. The molecule has 1 heterocycles. The molecule has 21 heavy (non-hydrogen) atoms. The van der Waals surface area contributed by atoms with Gasteiger partial charge in [0.15, 0.2) is 5.79 Å². The highest BCUT2D eigenvalue weighted by atomic mass is 16.7. The number of rotatable bonds is 4. The van der Waals surface area contributed by atoms with Crippen molar-refractivity contribution in [2.75, 3.05) is 7.11 Å². The van der Waals surface area contributed by atoms with Crippen LogP contribution in [0.25, 0.3) is 0 Å². The van der Waals surface area contributed by atoms with Crippen molar-refractivity contribution in [3.63, 3.8) is 0 Å². The molecule has 1 aliphatic rings. The summed E-state index contributed by atoms with van der Waals surface area (Å²) >= 11 is 0. The summed E-state index contributed by atoms with van der Waals surface area (Å²) in [7, 11) is 1.75. The summed E-state index contributed by atoms with van der Waals surface area (Å²) in [6, 6.07) is 10.6. The summed E-state index contributed by atoms with van der Waals surface area (Å²) in [5.41, 5.74) is 2.52. The van der Waals surface area contributed by atoms with Gasteiger partial charge in [-0.1, -0.05) is 63.3 Å². The van der Waals surface area contributed by atoms with Crippen LogP contribution in [0.1, 0.15) is 45.6 Å². The van der Waals surface area contributed by atoms with E-state index in [4.69, 9.17) is 9.47 Å². The van der Waals surface area contributed by atoms with Crippen LogP contribution in [0.4, 0.5) is 0 Å². The predicted molar refractivity (Wildman–Crippen MR) is 87.2 cm³/mol. The van der Waals surface area contributed by atoms with Crippen molar-refractivity contribution in [1.29, 1.82) is 0 Å². The normalized spacial score (nSPS) is 26.9. The lowest BCUT2D eigenvalue weighted by atomic mass is 9.78. The van der Waals surface area contributed by atoms with Gasteiger partial charge in [-0.2, -0.15) is 0 Å². The molecular weight excluding hydrogens is 260 g/mol. The SMILES string of the molecule is C=C1C[C@@H](CCc2ccccc2)O[C@@](OC)(C(C)(C)C)C1. The van der Waals surface area contributed by atoms with Crippen molar-refractivity contribution in [3.05, 3.63) is 48.0 Å². The number of ether oxygens (including phenoxy) is 2. The van der Waals surface area contributed by atoms with Crippen LogP contribution < -0.4 is 0 Å². The first kappa shape index (κ1) is 16.3. The van der Waals surface area contributed by atoms with Crippen LogP contribution >= 0.6 is 0 Å². The maximum Gasteiger partial charge on any atom is 0.176 e. The molecule has 1 fully saturated rings.